The minimum absolute atomic E-state index is 0.105. The van der Waals surface area contributed by atoms with Crippen molar-refractivity contribution in [2.45, 2.75) is 25.8 Å². The van der Waals surface area contributed by atoms with E-state index in [2.05, 4.69) is 15.5 Å². The SMILES string of the molecule is CCOc1ccc(-c2[nH]ncc2C(=O)NC2CC2)cc1Cl. The molecule has 1 aliphatic carbocycles. The van der Waals surface area contributed by atoms with Crippen molar-refractivity contribution in [2.75, 3.05) is 6.61 Å². The highest BCUT2D eigenvalue weighted by Gasteiger charge is 2.25. The highest BCUT2D eigenvalue weighted by Crippen LogP contribution is 2.31. The van der Waals surface area contributed by atoms with E-state index in [0.717, 1.165) is 18.4 Å². The molecule has 2 N–H and O–H groups in total. The molecule has 1 aromatic carbocycles. The van der Waals surface area contributed by atoms with Gasteiger partial charge in [-0.3, -0.25) is 9.89 Å². The predicted molar refractivity (Wildman–Crippen MR) is 80.7 cm³/mol. The predicted octanol–water partition coefficient (Wildman–Crippen LogP) is 3.02. The molecule has 0 spiro atoms. The molecule has 21 heavy (non-hydrogen) atoms. The molecule has 1 aliphatic rings. The number of aromatic amines is 1. The van der Waals surface area contributed by atoms with Crippen LogP contribution in [0.2, 0.25) is 5.02 Å². The van der Waals surface area contributed by atoms with Crippen LogP contribution >= 0.6 is 11.6 Å². The number of nitrogens with one attached hydrogen (secondary N) is 2. The second-order valence-corrected chi connectivity index (χ2v) is 5.39. The summed E-state index contributed by atoms with van der Waals surface area (Å²) in [7, 11) is 0. The quantitative estimate of drug-likeness (QED) is 0.892. The van der Waals surface area contributed by atoms with Crippen molar-refractivity contribution < 1.29 is 9.53 Å². The third-order valence-electron chi connectivity index (χ3n) is 3.32. The summed E-state index contributed by atoms with van der Waals surface area (Å²) >= 11 is 6.19. The molecule has 1 heterocycles. The number of H-pyrrole nitrogens is 1. The molecule has 0 bridgehead atoms. The number of halogens is 1. The van der Waals surface area contributed by atoms with Crippen molar-refractivity contribution in [3.8, 4) is 17.0 Å². The highest BCUT2D eigenvalue weighted by atomic mass is 35.5. The minimum Gasteiger partial charge on any atom is -0.492 e. The van der Waals surface area contributed by atoms with Crippen LogP contribution in [-0.2, 0) is 0 Å². The molecule has 0 aliphatic heterocycles. The molecular formula is C15H16ClN3O2. The molecule has 5 nitrogen and oxygen atoms in total. The lowest BCUT2D eigenvalue weighted by Crippen LogP contribution is -2.25. The van der Waals surface area contributed by atoms with Gasteiger partial charge in [-0.2, -0.15) is 5.10 Å². The lowest BCUT2D eigenvalue weighted by atomic mass is 10.1. The molecule has 1 aromatic heterocycles. The molecule has 1 fully saturated rings. The molecule has 3 rings (SSSR count). The van der Waals surface area contributed by atoms with Crippen molar-refractivity contribution >= 4 is 17.5 Å². The zero-order chi connectivity index (χ0) is 14.8. The minimum atomic E-state index is -0.105. The smallest absolute Gasteiger partial charge is 0.255 e. The summed E-state index contributed by atoms with van der Waals surface area (Å²) < 4.78 is 5.41. The average Bonchev–Trinajstić information content (AvgIpc) is 3.14. The Labute approximate surface area is 127 Å². The van der Waals surface area contributed by atoms with Gasteiger partial charge in [-0.1, -0.05) is 11.6 Å². The Morgan fingerprint density at radius 1 is 1.52 bits per heavy atom. The van der Waals surface area contributed by atoms with Gasteiger partial charge in [0.15, 0.2) is 0 Å². The summed E-state index contributed by atoms with van der Waals surface area (Å²) in [6.07, 6.45) is 3.64. The van der Waals surface area contributed by atoms with Crippen molar-refractivity contribution in [1.82, 2.24) is 15.5 Å². The third-order valence-corrected chi connectivity index (χ3v) is 3.61. The molecule has 1 amide bonds. The second kappa shape index (κ2) is 5.77. The van der Waals surface area contributed by atoms with Crippen LogP contribution in [0.3, 0.4) is 0 Å². The monoisotopic (exact) mass is 305 g/mol. The first-order valence-corrected chi connectivity index (χ1v) is 7.33. The van der Waals surface area contributed by atoms with Crippen LogP contribution in [0.15, 0.2) is 24.4 Å². The van der Waals surface area contributed by atoms with Crippen LogP contribution in [0, 0.1) is 0 Å². The number of amides is 1. The molecular weight excluding hydrogens is 290 g/mol. The fraction of sp³-hybridized carbons (Fsp3) is 0.333. The van der Waals surface area contributed by atoms with Gasteiger partial charge in [0, 0.05) is 11.6 Å². The van der Waals surface area contributed by atoms with Gasteiger partial charge in [-0.05, 0) is 38.0 Å². The molecule has 0 atom stereocenters. The van der Waals surface area contributed by atoms with Crippen molar-refractivity contribution in [3.63, 3.8) is 0 Å². The first-order valence-electron chi connectivity index (χ1n) is 6.96. The van der Waals surface area contributed by atoms with Crippen LogP contribution in [0.25, 0.3) is 11.3 Å². The number of carbonyl (C=O) groups is 1. The van der Waals surface area contributed by atoms with Crippen molar-refractivity contribution in [3.05, 3.63) is 35.0 Å². The van der Waals surface area contributed by atoms with E-state index < -0.39 is 0 Å². The summed E-state index contributed by atoms with van der Waals surface area (Å²) in [5.41, 5.74) is 2.00. The van der Waals surface area contributed by atoms with Gasteiger partial charge in [0.05, 0.1) is 29.1 Å². The van der Waals surface area contributed by atoms with Gasteiger partial charge in [0.1, 0.15) is 5.75 Å². The first kappa shape index (κ1) is 13.9. The fourth-order valence-electron chi connectivity index (χ4n) is 2.10. The van der Waals surface area contributed by atoms with Gasteiger partial charge in [0.2, 0.25) is 0 Å². The highest BCUT2D eigenvalue weighted by molar-refractivity contribution is 6.32. The average molecular weight is 306 g/mol. The topological polar surface area (TPSA) is 67.0 Å². The van der Waals surface area contributed by atoms with Gasteiger partial charge in [-0.15, -0.1) is 0 Å². The van der Waals surface area contributed by atoms with Crippen LogP contribution in [0.4, 0.5) is 0 Å². The van der Waals surface area contributed by atoms with E-state index in [9.17, 15) is 4.79 Å². The number of nitrogens with zero attached hydrogens (tertiary/aromatic N) is 1. The number of carbonyl (C=O) groups excluding carboxylic acids is 1. The van der Waals surface area contributed by atoms with Gasteiger partial charge in [0.25, 0.3) is 5.91 Å². The van der Waals surface area contributed by atoms with E-state index in [0.29, 0.717) is 34.7 Å². The fourth-order valence-corrected chi connectivity index (χ4v) is 2.33. The molecule has 2 aromatic rings. The lowest BCUT2D eigenvalue weighted by molar-refractivity contribution is 0.0952. The van der Waals surface area contributed by atoms with Gasteiger partial charge < -0.3 is 10.1 Å². The molecule has 0 unspecified atom stereocenters. The van der Waals surface area contributed by atoms with E-state index in [1.54, 1.807) is 12.1 Å². The maximum absolute atomic E-state index is 12.2. The molecule has 0 radical (unpaired) electrons. The van der Waals surface area contributed by atoms with Crippen LogP contribution in [0.5, 0.6) is 5.75 Å². The number of rotatable bonds is 5. The van der Waals surface area contributed by atoms with Crippen molar-refractivity contribution in [2.24, 2.45) is 0 Å². The first-order chi connectivity index (χ1) is 10.2. The Bertz CT molecular complexity index is 665. The van der Waals surface area contributed by atoms with E-state index in [1.807, 2.05) is 13.0 Å². The Kier molecular flexibility index (Phi) is 3.84. The molecule has 110 valence electrons. The second-order valence-electron chi connectivity index (χ2n) is 4.98. The summed E-state index contributed by atoms with van der Waals surface area (Å²) in [5.74, 6) is 0.526. The van der Waals surface area contributed by atoms with Gasteiger partial charge in [-0.25, -0.2) is 0 Å². The number of ether oxygens (including phenoxy) is 1. The van der Waals surface area contributed by atoms with E-state index >= 15 is 0 Å². The summed E-state index contributed by atoms with van der Waals surface area (Å²) in [6, 6.07) is 5.74. The van der Waals surface area contributed by atoms with Crippen LogP contribution < -0.4 is 10.1 Å². The number of hydrogen-bond donors (Lipinski definition) is 2. The molecule has 1 saturated carbocycles. The van der Waals surface area contributed by atoms with Gasteiger partial charge >= 0.3 is 0 Å². The van der Waals surface area contributed by atoms with Crippen molar-refractivity contribution in [1.29, 1.82) is 0 Å². The zero-order valence-electron chi connectivity index (χ0n) is 11.6. The molecule has 6 heteroatoms. The Balaban J connectivity index is 1.88. The summed E-state index contributed by atoms with van der Waals surface area (Å²) in [5, 5.41) is 10.3. The van der Waals surface area contributed by atoms with Crippen LogP contribution in [0.1, 0.15) is 30.1 Å². The maximum atomic E-state index is 12.2. The maximum Gasteiger partial charge on any atom is 0.255 e. The number of benzene rings is 1. The standard InChI is InChI=1S/C15H16ClN3O2/c1-2-21-13-6-3-9(7-12(13)16)14-11(8-17-19-14)15(20)18-10-4-5-10/h3,6-8,10H,2,4-5H2,1H3,(H,17,19)(H,18,20). The summed E-state index contributed by atoms with van der Waals surface area (Å²) in [4.78, 5) is 12.2. The lowest BCUT2D eigenvalue weighted by Gasteiger charge is -2.08. The number of aromatic nitrogens is 2. The molecule has 0 saturated heterocycles. The largest absolute Gasteiger partial charge is 0.492 e. The Hall–Kier alpha value is -2.01. The zero-order valence-corrected chi connectivity index (χ0v) is 12.4. The van der Waals surface area contributed by atoms with E-state index in [4.69, 9.17) is 16.3 Å². The van der Waals surface area contributed by atoms with E-state index in [1.165, 1.54) is 6.20 Å². The normalized spacial score (nSPS) is 14.0. The summed E-state index contributed by atoms with van der Waals surface area (Å²) in [6.45, 7) is 2.46. The number of hydrogen-bond acceptors (Lipinski definition) is 3. The third kappa shape index (κ3) is 3.03. The van der Waals surface area contributed by atoms with Crippen LogP contribution in [-0.4, -0.2) is 28.8 Å². The van der Waals surface area contributed by atoms with E-state index in [-0.39, 0.29) is 5.91 Å². The Morgan fingerprint density at radius 2 is 2.33 bits per heavy atom. The Morgan fingerprint density at radius 3 is 3.00 bits per heavy atom.